The first-order valence-electron chi connectivity index (χ1n) is 7.28. The molecular weight excluding hydrogens is 234 g/mol. The minimum absolute atomic E-state index is 0.258. The summed E-state index contributed by atoms with van der Waals surface area (Å²) in [5.74, 6) is 0.258. The van der Waals surface area contributed by atoms with Crippen LogP contribution in [0.4, 0.5) is 0 Å². The minimum atomic E-state index is 0.258. The number of hydrogen-bond donors (Lipinski definition) is 0. The zero-order valence-corrected chi connectivity index (χ0v) is 11.8. The summed E-state index contributed by atoms with van der Waals surface area (Å²) in [6.45, 7) is 5.61. The van der Waals surface area contributed by atoms with E-state index in [1.165, 1.54) is 25.1 Å². The van der Waals surface area contributed by atoms with Crippen LogP contribution in [0.15, 0.2) is 42.0 Å². The van der Waals surface area contributed by atoms with Crippen molar-refractivity contribution in [1.29, 1.82) is 0 Å². The molecule has 1 aliphatic heterocycles. The van der Waals surface area contributed by atoms with E-state index < -0.39 is 0 Å². The maximum atomic E-state index is 12.1. The van der Waals surface area contributed by atoms with Crippen molar-refractivity contribution < 1.29 is 4.79 Å². The van der Waals surface area contributed by atoms with Gasteiger partial charge in [-0.05, 0) is 25.8 Å². The van der Waals surface area contributed by atoms with E-state index in [1.54, 1.807) is 0 Å². The molecule has 0 spiro atoms. The Morgan fingerprint density at radius 3 is 2.79 bits per heavy atom. The van der Waals surface area contributed by atoms with Gasteiger partial charge in [0.15, 0.2) is 5.78 Å². The Kier molecular flexibility index (Phi) is 5.34. The molecule has 102 valence electrons. The van der Waals surface area contributed by atoms with Crippen LogP contribution in [0.25, 0.3) is 0 Å². The summed E-state index contributed by atoms with van der Waals surface area (Å²) in [5, 5.41) is 0. The highest BCUT2D eigenvalue weighted by molar-refractivity contribution is 5.96. The van der Waals surface area contributed by atoms with Gasteiger partial charge in [-0.25, -0.2) is 0 Å². The summed E-state index contributed by atoms with van der Waals surface area (Å²) in [5.41, 5.74) is 2.27. The number of Topliss-reactive ketones (excluding diaryl/α,β-unsaturated/α-hetero) is 1. The molecule has 1 aromatic rings. The van der Waals surface area contributed by atoms with E-state index in [1.807, 2.05) is 30.3 Å². The van der Waals surface area contributed by atoms with Gasteiger partial charge in [-0.15, -0.1) is 0 Å². The van der Waals surface area contributed by atoms with Crippen molar-refractivity contribution in [3.63, 3.8) is 0 Å². The summed E-state index contributed by atoms with van der Waals surface area (Å²) < 4.78 is 0. The molecular formula is C17H23NO. The van der Waals surface area contributed by atoms with Crippen molar-refractivity contribution in [2.75, 3.05) is 19.6 Å². The number of carbonyl (C=O) groups excluding carboxylic acids is 1. The Morgan fingerprint density at radius 1 is 1.26 bits per heavy atom. The molecule has 0 unspecified atom stereocenters. The second-order valence-corrected chi connectivity index (χ2v) is 5.22. The molecule has 1 heterocycles. The molecule has 0 radical (unpaired) electrons. The molecule has 2 heteroatoms. The van der Waals surface area contributed by atoms with E-state index >= 15 is 0 Å². The summed E-state index contributed by atoms with van der Waals surface area (Å²) in [6, 6.07) is 9.61. The van der Waals surface area contributed by atoms with Gasteiger partial charge in [-0.1, -0.05) is 48.9 Å². The van der Waals surface area contributed by atoms with Crippen LogP contribution in [0.2, 0.25) is 0 Å². The van der Waals surface area contributed by atoms with Crippen LogP contribution in [0, 0.1) is 0 Å². The molecule has 0 aliphatic carbocycles. The number of ketones is 1. The predicted octanol–water partition coefficient (Wildman–Crippen LogP) is 3.69. The van der Waals surface area contributed by atoms with Gasteiger partial charge in [0.05, 0.1) is 0 Å². The zero-order valence-electron chi connectivity index (χ0n) is 11.8. The third-order valence-corrected chi connectivity index (χ3v) is 3.61. The smallest absolute Gasteiger partial charge is 0.163 e. The minimum Gasteiger partial charge on any atom is -0.299 e. The zero-order chi connectivity index (χ0) is 13.5. The van der Waals surface area contributed by atoms with Crippen molar-refractivity contribution in [3.05, 3.63) is 47.5 Å². The topological polar surface area (TPSA) is 20.3 Å². The van der Waals surface area contributed by atoms with Gasteiger partial charge in [0.2, 0.25) is 0 Å². The standard InChI is InChI=1S/C17H23NO/c1-2-12-18-13-6-7-15(14-18)10-11-17(19)16-8-4-3-5-9-16/h3-5,7-9H,2,6,10-14H2,1H3. The van der Waals surface area contributed by atoms with E-state index in [-0.39, 0.29) is 5.78 Å². The van der Waals surface area contributed by atoms with Gasteiger partial charge < -0.3 is 0 Å². The Morgan fingerprint density at radius 2 is 2.05 bits per heavy atom. The van der Waals surface area contributed by atoms with Crippen LogP contribution in [-0.4, -0.2) is 30.3 Å². The Balaban J connectivity index is 1.82. The lowest BCUT2D eigenvalue weighted by molar-refractivity contribution is 0.0982. The van der Waals surface area contributed by atoms with Crippen LogP contribution in [0.1, 0.15) is 43.0 Å². The molecule has 0 aromatic heterocycles. The van der Waals surface area contributed by atoms with Gasteiger partial charge in [-0.2, -0.15) is 0 Å². The first-order chi connectivity index (χ1) is 9.29. The first kappa shape index (κ1) is 14.0. The Hall–Kier alpha value is -1.41. The maximum Gasteiger partial charge on any atom is 0.163 e. The fourth-order valence-electron chi connectivity index (χ4n) is 2.61. The molecule has 0 saturated carbocycles. The third kappa shape index (κ3) is 4.32. The first-order valence-corrected chi connectivity index (χ1v) is 7.28. The number of rotatable bonds is 6. The molecule has 2 nitrogen and oxygen atoms in total. The Bertz CT molecular complexity index is 436. The van der Waals surface area contributed by atoms with Crippen LogP contribution in [0.3, 0.4) is 0 Å². The van der Waals surface area contributed by atoms with E-state index in [0.717, 1.165) is 24.9 Å². The van der Waals surface area contributed by atoms with Gasteiger partial charge in [0.1, 0.15) is 0 Å². The lowest BCUT2D eigenvalue weighted by atomic mass is 10.00. The number of carbonyl (C=O) groups is 1. The van der Waals surface area contributed by atoms with Crippen LogP contribution in [-0.2, 0) is 0 Å². The molecule has 2 rings (SSSR count). The van der Waals surface area contributed by atoms with Gasteiger partial charge in [0, 0.05) is 25.1 Å². The molecule has 0 fully saturated rings. The highest BCUT2D eigenvalue weighted by Crippen LogP contribution is 2.16. The summed E-state index contributed by atoms with van der Waals surface area (Å²) >= 11 is 0. The molecule has 0 N–H and O–H groups in total. The lowest BCUT2D eigenvalue weighted by Crippen LogP contribution is -2.30. The molecule has 19 heavy (non-hydrogen) atoms. The quantitative estimate of drug-likeness (QED) is 0.572. The van der Waals surface area contributed by atoms with Gasteiger partial charge >= 0.3 is 0 Å². The average Bonchev–Trinajstić information content (AvgIpc) is 2.46. The van der Waals surface area contributed by atoms with Crippen molar-refractivity contribution in [1.82, 2.24) is 4.90 Å². The average molecular weight is 257 g/mol. The molecule has 0 atom stereocenters. The highest BCUT2D eigenvalue weighted by atomic mass is 16.1. The molecule has 0 amide bonds. The predicted molar refractivity (Wildman–Crippen MR) is 79.4 cm³/mol. The molecule has 0 bridgehead atoms. The highest BCUT2D eigenvalue weighted by Gasteiger charge is 2.13. The fraction of sp³-hybridized carbons (Fsp3) is 0.471. The monoisotopic (exact) mass is 257 g/mol. The van der Waals surface area contributed by atoms with Crippen LogP contribution in [0.5, 0.6) is 0 Å². The summed E-state index contributed by atoms with van der Waals surface area (Å²) in [4.78, 5) is 14.5. The van der Waals surface area contributed by atoms with Crippen LogP contribution >= 0.6 is 0 Å². The number of nitrogens with zero attached hydrogens (tertiary/aromatic N) is 1. The van der Waals surface area contributed by atoms with E-state index in [4.69, 9.17) is 0 Å². The summed E-state index contributed by atoms with van der Waals surface area (Å²) in [7, 11) is 0. The number of hydrogen-bond acceptors (Lipinski definition) is 2. The molecule has 1 aromatic carbocycles. The normalized spacial score (nSPS) is 16.2. The van der Waals surface area contributed by atoms with Crippen molar-refractivity contribution in [3.8, 4) is 0 Å². The van der Waals surface area contributed by atoms with Crippen LogP contribution < -0.4 is 0 Å². The second-order valence-electron chi connectivity index (χ2n) is 5.22. The van der Waals surface area contributed by atoms with E-state index in [0.29, 0.717) is 6.42 Å². The van der Waals surface area contributed by atoms with E-state index in [9.17, 15) is 4.79 Å². The summed E-state index contributed by atoms with van der Waals surface area (Å²) in [6.07, 6.45) is 6.21. The number of benzene rings is 1. The van der Waals surface area contributed by atoms with Gasteiger partial charge in [-0.3, -0.25) is 9.69 Å². The lowest BCUT2D eigenvalue weighted by Gasteiger charge is -2.26. The Labute approximate surface area is 116 Å². The van der Waals surface area contributed by atoms with Crippen molar-refractivity contribution in [2.24, 2.45) is 0 Å². The largest absolute Gasteiger partial charge is 0.299 e. The van der Waals surface area contributed by atoms with Crippen molar-refractivity contribution >= 4 is 5.78 Å². The second kappa shape index (κ2) is 7.25. The van der Waals surface area contributed by atoms with E-state index in [2.05, 4.69) is 17.9 Å². The third-order valence-electron chi connectivity index (χ3n) is 3.61. The van der Waals surface area contributed by atoms with Gasteiger partial charge in [0.25, 0.3) is 0 Å². The molecule has 1 aliphatic rings. The van der Waals surface area contributed by atoms with Crippen molar-refractivity contribution in [2.45, 2.75) is 32.6 Å². The maximum absolute atomic E-state index is 12.1. The SMILES string of the molecule is CCCN1CCC=C(CCC(=O)c2ccccc2)C1. The fourth-order valence-corrected chi connectivity index (χ4v) is 2.61. The molecule has 0 saturated heterocycles.